The third-order valence-electron chi connectivity index (χ3n) is 5.46. The Morgan fingerprint density at radius 1 is 1.08 bits per heavy atom. The van der Waals surface area contributed by atoms with E-state index in [0.717, 1.165) is 37.9 Å². The molecule has 25 heavy (non-hydrogen) atoms. The van der Waals surface area contributed by atoms with Crippen molar-refractivity contribution in [3.8, 4) is 0 Å². The van der Waals surface area contributed by atoms with Crippen LogP contribution in [0.15, 0.2) is 10.5 Å². The second kappa shape index (κ2) is 7.20. The monoisotopic (exact) mass is 348 g/mol. The number of hydrogen-bond donors (Lipinski definition) is 1. The smallest absolute Gasteiger partial charge is 0.257 e. The summed E-state index contributed by atoms with van der Waals surface area (Å²) in [6.45, 7) is 5.72. The number of carbonyl (C=O) groups is 2. The van der Waals surface area contributed by atoms with E-state index in [1.165, 1.54) is 0 Å². The maximum Gasteiger partial charge on any atom is 0.257 e. The molecule has 2 heterocycles. The maximum atomic E-state index is 12.6. The van der Waals surface area contributed by atoms with E-state index in [4.69, 9.17) is 4.42 Å². The van der Waals surface area contributed by atoms with E-state index in [-0.39, 0.29) is 18.2 Å². The van der Waals surface area contributed by atoms with E-state index in [9.17, 15) is 14.7 Å². The number of aliphatic hydroxyl groups is 1. The number of amides is 2. The average molecular weight is 348 g/mol. The van der Waals surface area contributed by atoms with Gasteiger partial charge in [0.05, 0.1) is 17.6 Å². The van der Waals surface area contributed by atoms with Gasteiger partial charge in [-0.1, -0.05) is 19.3 Å². The fourth-order valence-electron chi connectivity index (χ4n) is 3.95. The van der Waals surface area contributed by atoms with Crippen molar-refractivity contribution in [2.24, 2.45) is 0 Å². The summed E-state index contributed by atoms with van der Waals surface area (Å²) in [5.74, 6) is 1.34. The van der Waals surface area contributed by atoms with Gasteiger partial charge in [0, 0.05) is 26.2 Å². The number of rotatable bonds is 3. The SMILES string of the molecule is Cc1cc(C(=O)N2CCN(C(=O)CC3(O)CCCCC3)CC2)c(C)o1. The molecular weight excluding hydrogens is 320 g/mol. The number of furan rings is 1. The Labute approximate surface area is 148 Å². The van der Waals surface area contributed by atoms with E-state index in [1.54, 1.807) is 22.8 Å². The standard InChI is InChI=1S/C19H28N2O4/c1-14-12-16(15(2)25-14)18(23)21-10-8-20(9-11-21)17(22)13-19(24)6-4-3-5-7-19/h12,24H,3-11,13H2,1-2H3. The molecule has 1 saturated carbocycles. The number of carbonyl (C=O) groups excluding carboxylic acids is 2. The predicted molar refractivity (Wildman–Crippen MR) is 93.3 cm³/mol. The van der Waals surface area contributed by atoms with Crippen LogP contribution in [0.25, 0.3) is 0 Å². The molecule has 0 atom stereocenters. The summed E-state index contributed by atoms with van der Waals surface area (Å²) in [4.78, 5) is 28.7. The first-order valence-electron chi connectivity index (χ1n) is 9.24. The van der Waals surface area contributed by atoms with Crippen molar-refractivity contribution in [2.45, 2.75) is 58.0 Å². The second-order valence-electron chi connectivity index (χ2n) is 7.46. The second-order valence-corrected chi connectivity index (χ2v) is 7.46. The molecule has 2 aliphatic rings. The zero-order valence-corrected chi connectivity index (χ0v) is 15.2. The van der Waals surface area contributed by atoms with Gasteiger partial charge < -0.3 is 19.3 Å². The van der Waals surface area contributed by atoms with E-state index >= 15 is 0 Å². The lowest BCUT2D eigenvalue weighted by Gasteiger charge is -2.37. The highest BCUT2D eigenvalue weighted by atomic mass is 16.3. The molecule has 3 rings (SSSR count). The van der Waals surface area contributed by atoms with Crippen LogP contribution in [0.2, 0.25) is 0 Å². The number of aryl methyl sites for hydroxylation is 2. The molecule has 0 radical (unpaired) electrons. The zero-order valence-electron chi connectivity index (χ0n) is 15.2. The minimum Gasteiger partial charge on any atom is -0.466 e. The van der Waals surface area contributed by atoms with Crippen LogP contribution < -0.4 is 0 Å². The van der Waals surface area contributed by atoms with Gasteiger partial charge in [0.25, 0.3) is 5.91 Å². The molecule has 2 amide bonds. The molecule has 1 aliphatic heterocycles. The van der Waals surface area contributed by atoms with E-state index in [0.29, 0.717) is 37.5 Å². The van der Waals surface area contributed by atoms with Crippen LogP contribution in [0.4, 0.5) is 0 Å². The average Bonchev–Trinajstić information content (AvgIpc) is 2.93. The fourth-order valence-corrected chi connectivity index (χ4v) is 3.95. The largest absolute Gasteiger partial charge is 0.466 e. The number of nitrogens with zero attached hydrogens (tertiary/aromatic N) is 2. The van der Waals surface area contributed by atoms with E-state index in [1.807, 2.05) is 6.92 Å². The lowest BCUT2D eigenvalue weighted by molar-refractivity contribution is -0.139. The Hall–Kier alpha value is -1.82. The molecule has 1 aromatic heterocycles. The van der Waals surface area contributed by atoms with Gasteiger partial charge in [0.2, 0.25) is 5.91 Å². The molecule has 0 unspecified atom stereocenters. The normalized spacial score (nSPS) is 20.6. The fraction of sp³-hybridized carbons (Fsp3) is 0.684. The van der Waals surface area contributed by atoms with Crippen molar-refractivity contribution >= 4 is 11.8 Å². The minimum atomic E-state index is -0.826. The Morgan fingerprint density at radius 2 is 1.68 bits per heavy atom. The summed E-state index contributed by atoms with van der Waals surface area (Å²) in [5.41, 5.74) is -0.220. The van der Waals surface area contributed by atoms with E-state index in [2.05, 4.69) is 0 Å². The third kappa shape index (κ3) is 4.06. The molecule has 138 valence electrons. The van der Waals surface area contributed by atoms with Crippen LogP contribution in [0.1, 0.15) is 60.4 Å². The van der Waals surface area contributed by atoms with Gasteiger partial charge in [-0.15, -0.1) is 0 Å². The third-order valence-corrected chi connectivity index (χ3v) is 5.46. The van der Waals surface area contributed by atoms with Crippen molar-refractivity contribution in [1.29, 1.82) is 0 Å². The quantitative estimate of drug-likeness (QED) is 0.909. The summed E-state index contributed by atoms with van der Waals surface area (Å²) in [6, 6.07) is 1.77. The Balaban J connectivity index is 1.53. The molecule has 1 aromatic rings. The molecule has 0 aromatic carbocycles. The Bertz CT molecular complexity index is 638. The van der Waals surface area contributed by atoms with Crippen molar-refractivity contribution in [3.05, 3.63) is 23.2 Å². The molecule has 2 fully saturated rings. The number of hydrogen-bond acceptors (Lipinski definition) is 4. The predicted octanol–water partition coefficient (Wildman–Crippen LogP) is 2.27. The highest BCUT2D eigenvalue weighted by Gasteiger charge is 2.34. The van der Waals surface area contributed by atoms with Crippen molar-refractivity contribution < 1.29 is 19.1 Å². The maximum absolute atomic E-state index is 12.6. The lowest BCUT2D eigenvalue weighted by Crippen LogP contribution is -2.52. The van der Waals surface area contributed by atoms with Crippen molar-refractivity contribution in [3.63, 3.8) is 0 Å². The molecule has 6 heteroatoms. The minimum absolute atomic E-state index is 0.00633. The van der Waals surface area contributed by atoms with Gasteiger partial charge in [-0.05, 0) is 32.8 Å². The zero-order chi connectivity index (χ0) is 18.0. The van der Waals surface area contributed by atoms with Crippen LogP contribution in [-0.2, 0) is 4.79 Å². The first kappa shape index (κ1) is 18.0. The first-order valence-corrected chi connectivity index (χ1v) is 9.24. The molecule has 0 bridgehead atoms. The van der Waals surface area contributed by atoms with Crippen molar-refractivity contribution in [1.82, 2.24) is 9.80 Å². The summed E-state index contributed by atoms with van der Waals surface area (Å²) in [5, 5.41) is 10.6. The van der Waals surface area contributed by atoms with Gasteiger partial charge in [-0.3, -0.25) is 9.59 Å². The number of piperazine rings is 1. The van der Waals surface area contributed by atoms with E-state index < -0.39 is 5.60 Å². The summed E-state index contributed by atoms with van der Waals surface area (Å²) in [6.07, 6.45) is 4.78. The molecule has 1 aliphatic carbocycles. The Kier molecular flexibility index (Phi) is 5.18. The summed E-state index contributed by atoms with van der Waals surface area (Å²) >= 11 is 0. The van der Waals surface area contributed by atoms with Crippen LogP contribution in [0, 0.1) is 13.8 Å². The highest BCUT2D eigenvalue weighted by Crippen LogP contribution is 2.31. The molecule has 6 nitrogen and oxygen atoms in total. The van der Waals surface area contributed by atoms with Crippen LogP contribution in [0.3, 0.4) is 0 Å². The lowest BCUT2D eigenvalue weighted by atomic mass is 9.82. The first-order chi connectivity index (χ1) is 11.9. The highest BCUT2D eigenvalue weighted by molar-refractivity contribution is 5.95. The van der Waals surface area contributed by atoms with Gasteiger partial charge in [-0.25, -0.2) is 0 Å². The van der Waals surface area contributed by atoms with Gasteiger partial charge in [0.15, 0.2) is 0 Å². The molecule has 1 N–H and O–H groups in total. The van der Waals surface area contributed by atoms with Crippen LogP contribution in [0.5, 0.6) is 0 Å². The van der Waals surface area contributed by atoms with Gasteiger partial charge >= 0.3 is 0 Å². The van der Waals surface area contributed by atoms with Crippen molar-refractivity contribution in [2.75, 3.05) is 26.2 Å². The molecule has 0 spiro atoms. The topological polar surface area (TPSA) is 74.0 Å². The molecule has 1 saturated heterocycles. The molecular formula is C19H28N2O4. The van der Waals surface area contributed by atoms with Crippen LogP contribution in [-0.4, -0.2) is 58.5 Å². The van der Waals surface area contributed by atoms with Crippen LogP contribution >= 0.6 is 0 Å². The summed E-state index contributed by atoms with van der Waals surface area (Å²) in [7, 11) is 0. The Morgan fingerprint density at radius 3 is 2.24 bits per heavy atom. The summed E-state index contributed by atoms with van der Waals surface area (Å²) < 4.78 is 5.44. The van der Waals surface area contributed by atoms with Gasteiger partial charge in [-0.2, -0.15) is 0 Å². The van der Waals surface area contributed by atoms with Gasteiger partial charge in [0.1, 0.15) is 11.5 Å².